The van der Waals surface area contributed by atoms with Gasteiger partial charge < -0.3 is 19.0 Å². The van der Waals surface area contributed by atoms with E-state index in [-0.39, 0.29) is 16.9 Å². The Balaban J connectivity index is 1.32. The van der Waals surface area contributed by atoms with Crippen molar-refractivity contribution in [2.75, 3.05) is 7.11 Å². The maximum Gasteiger partial charge on any atom is 0.309 e. The zero-order valence-corrected chi connectivity index (χ0v) is 19.6. The van der Waals surface area contributed by atoms with Crippen molar-refractivity contribution in [3.63, 3.8) is 0 Å². The predicted octanol–water partition coefficient (Wildman–Crippen LogP) is 4.83. The molecule has 1 aliphatic rings. The van der Waals surface area contributed by atoms with Gasteiger partial charge in [-0.25, -0.2) is 4.98 Å². The highest BCUT2D eigenvalue weighted by atomic mass is 32.1. The van der Waals surface area contributed by atoms with Crippen LogP contribution in [0.5, 0.6) is 11.6 Å². The lowest BCUT2D eigenvalue weighted by Gasteiger charge is -2.29. The van der Waals surface area contributed by atoms with Crippen molar-refractivity contribution < 1.29 is 19.0 Å². The third-order valence-electron chi connectivity index (χ3n) is 6.23. The lowest BCUT2D eigenvalue weighted by atomic mass is 9.84. The Hall–Kier alpha value is -2.58. The lowest BCUT2D eigenvalue weighted by Crippen LogP contribution is -2.23. The van der Waals surface area contributed by atoms with E-state index >= 15 is 0 Å². The molecule has 172 valence electrons. The molecule has 4 rings (SSSR count). The van der Waals surface area contributed by atoms with Crippen molar-refractivity contribution in [2.24, 2.45) is 13.0 Å². The minimum Gasteiger partial charge on any atom is -0.497 e. The molecule has 1 aliphatic carbocycles. The van der Waals surface area contributed by atoms with E-state index in [4.69, 9.17) is 13.9 Å². The zero-order valence-electron chi connectivity index (χ0n) is 18.8. The second kappa shape index (κ2) is 9.92. The number of hydrogen-bond donors (Lipinski definition) is 1. The molecule has 0 unspecified atom stereocenters. The topological polar surface area (TPSA) is 86.7 Å². The van der Waals surface area contributed by atoms with Gasteiger partial charge >= 0.3 is 4.87 Å². The average Bonchev–Trinajstić information content (AvgIpc) is 3.30. The SMILES string of the molecule is COc1cccc(-c2nc(CO[C@H]3CCC[C@@H](CCc4sc(=O)n(C)c4O)C3)c(C)o2)c1. The summed E-state index contributed by atoms with van der Waals surface area (Å²) in [4.78, 5) is 17.0. The minimum absolute atomic E-state index is 0.108. The molecule has 0 spiro atoms. The van der Waals surface area contributed by atoms with Gasteiger partial charge in [0.1, 0.15) is 17.2 Å². The van der Waals surface area contributed by atoms with Crippen LogP contribution >= 0.6 is 11.3 Å². The molecule has 32 heavy (non-hydrogen) atoms. The van der Waals surface area contributed by atoms with Crippen LogP contribution in [-0.2, 0) is 24.8 Å². The Bertz CT molecular complexity index is 1120. The van der Waals surface area contributed by atoms with Gasteiger partial charge in [0.2, 0.25) is 11.8 Å². The molecule has 3 aromatic rings. The summed E-state index contributed by atoms with van der Waals surface area (Å²) in [5.41, 5.74) is 1.70. The summed E-state index contributed by atoms with van der Waals surface area (Å²) in [5.74, 6) is 2.74. The average molecular weight is 459 g/mol. The number of ether oxygens (including phenoxy) is 2. The fourth-order valence-electron chi connectivity index (χ4n) is 4.28. The van der Waals surface area contributed by atoms with E-state index in [1.54, 1.807) is 14.2 Å². The molecule has 2 atom stereocenters. The molecule has 0 amide bonds. The molecule has 2 aromatic heterocycles. The number of methoxy groups -OCH3 is 1. The van der Waals surface area contributed by atoms with Gasteiger partial charge in [-0.3, -0.25) is 9.36 Å². The molecule has 1 fully saturated rings. The Morgan fingerprint density at radius 1 is 1.34 bits per heavy atom. The van der Waals surface area contributed by atoms with Crippen LogP contribution in [0.1, 0.15) is 48.4 Å². The third kappa shape index (κ3) is 5.07. The van der Waals surface area contributed by atoms with Crippen LogP contribution in [0.15, 0.2) is 33.5 Å². The van der Waals surface area contributed by atoms with E-state index in [2.05, 4.69) is 4.98 Å². The van der Waals surface area contributed by atoms with E-state index in [1.807, 2.05) is 31.2 Å². The highest BCUT2D eigenvalue weighted by Gasteiger charge is 2.24. The van der Waals surface area contributed by atoms with E-state index in [0.29, 0.717) is 18.4 Å². The van der Waals surface area contributed by atoms with Crippen LogP contribution in [0.2, 0.25) is 0 Å². The molecule has 0 saturated heterocycles. The quantitative estimate of drug-likeness (QED) is 0.520. The summed E-state index contributed by atoms with van der Waals surface area (Å²) >= 11 is 1.14. The molecule has 8 heteroatoms. The normalized spacial score (nSPS) is 18.7. The summed E-state index contributed by atoms with van der Waals surface area (Å²) in [6.45, 7) is 2.34. The molecule has 0 aliphatic heterocycles. The summed E-state index contributed by atoms with van der Waals surface area (Å²) < 4.78 is 18.7. The Morgan fingerprint density at radius 3 is 2.94 bits per heavy atom. The molecule has 1 aromatic carbocycles. The van der Waals surface area contributed by atoms with Gasteiger partial charge in [0.25, 0.3) is 0 Å². The maximum absolute atomic E-state index is 11.7. The monoisotopic (exact) mass is 458 g/mol. The second-order valence-corrected chi connectivity index (χ2v) is 9.48. The van der Waals surface area contributed by atoms with Crippen molar-refractivity contribution in [1.29, 1.82) is 0 Å². The first kappa shape index (κ1) is 22.6. The van der Waals surface area contributed by atoms with Gasteiger partial charge in [-0.2, -0.15) is 0 Å². The molecule has 0 bridgehead atoms. The fourth-order valence-corrected chi connectivity index (χ4v) is 5.17. The van der Waals surface area contributed by atoms with E-state index in [0.717, 1.165) is 77.5 Å². The summed E-state index contributed by atoms with van der Waals surface area (Å²) in [5, 5.41) is 10.1. The Labute approximate surface area is 191 Å². The van der Waals surface area contributed by atoms with Crippen molar-refractivity contribution >= 4 is 11.3 Å². The van der Waals surface area contributed by atoms with Gasteiger partial charge in [-0.05, 0) is 56.7 Å². The van der Waals surface area contributed by atoms with Crippen molar-refractivity contribution in [3.8, 4) is 23.1 Å². The fraction of sp³-hybridized carbons (Fsp3) is 0.500. The second-order valence-electron chi connectivity index (χ2n) is 8.43. The first-order valence-corrected chi connectivity index (χ1v) is 11.9. The highest BCUT2D eigenvalue weighted by Crippen LogP contribution is 2.32. The zero-order chi connectivity index (χ0) is 22.7. The molecule has 0 radical (unpaired) electrons. The summed E-state index contributed by atoms with van der Waals surface area (Å²) in [7, 11) is 3.24. The Kier molecular flexibility index (Phi) is 7.01. The lowest BCUT2D eigenvalue weighted by molar-refractivity contribution is -0.000497. The largest absolute Gasteiger partial charge is 0.497 e. The number of aromatic hydroxyl groups is 1. The molecule has 7 nitrogen and oxygen atoms in total. The standard InChI is InChI=1S/C24H30N2O5S/c1-15-20(25-22(31-15)17-7-5-8-18(13-17)29-3)14-30-19-9-4-6-16(12-19)10-11-21-23(27)26(2)24(28)32-21/h5,7-8,13,16,19,27H,4,6,9-12,14H2,1-3H3/t16-,19-/m0/s1. The number of thiazole rings is 1. The van der Waals surface area contributed by atoms with Crippen molar-refractivity contribution in [1.82, 2.24) is 9.55 Å². The summed E-state index contributed by atoms with van der Waals surface area (Å²) in [6.07, 6.45) is 6.19. The van der Waals surface area contributed by atoms with Gasteiger partial charge in [0.15, 0.2) is 0 Å². The molecular weight excluding hydrogens is 428 g/mol. The van der Waals surface area contributed by atoms with Crippen LogP contribution in [0.25, 0.3) is 11.5 Å². The number of oxazole rings is 1. The smallest absolute Gasteiger partial charge is 0.309 e. The van der Waals surface area contributed by atoms with Gasteiger partial charge in [0.05, 0.1) is 24.7 Å². The van der Waals surface area contributed by atoms with Crippen LogP contribution < -0.4 is 9.61 Å². The molecule has 2 heterocycles. The maximum atomic E-state index is 11.7. The van der Waals surface area contributed by atoms with Gasteiger partial charge in [-0.15, -0.1) is 0 Å². The number of benzene rings is 1. The highest BCUT2D eigenvalue weighted by molar-refractivity contribution is 7.09. The van der Waals surface area contributed by atoms with Crippen molar-refractivity contribution in [3.05, 3.63) is 50.3 Å². The Morgan fingerprint density at radius 2 is 2.19 bits per heavy atom. The van der Waals surface area contributed by atoms with Crippen LogP contribution in [-0.4, -0.2) is 27.9 Å². The van der Waals surface area contributed by atoms with Gasteiger partial charge in [-0.1, -0.05) is 30.2 Å². The molecule has 1 N–H and O–H groups in total. The molecular formula is C24H30N2O5S. The van der Waals surface area contributed by atoms with Crippen LogP contribution in [0.4, 0.5) is 0 Å². The van der Waals surface area contributed by atoms with Crippen LogP contribution in [0, 0.1) is 12.8 Å². The van der Waals surface area contributed by atoms with Gasteiger partial charge in [0, 0.05) is 12.6 Å². The number of rotatable bonds is 8. The number of aryl methyl sites for hydroxylation is 2. The third-order valence-corrected chi connectivity index (χ3v) is 7.31. The number of aromatic nitrogens is 2. The summed E-state index contributed by atoms with van der Waals surface area (Å²) in [6, 6.07) is 7.66. The predicted molar refractivity (Wildman–Crippen MR) is 123 cm³/mol. The number of nitrogens with zero attached hydrogens (tertiary/aromatic N) is 2. The first-order chi connectivity index (χ1) is 15.4. The molecule has 1 saturated carbocycles. The van der Waals surface area contributed by atoms with E-state index < -0.39 is 0 Å². The minimum atomic E-state index is -0.112. The van der Waals surface area contributed by atoms with E-state index in [1.165, 1.54) is 4.57 Å². The first-order valence-electron chi connectivity index (χ1n) is 11.0. The number of hydrogen-bond acceptors (Lipinski definition) is 7. The van der Waals surface area contributed by atoms with Crippen molar-refractivity contribution in [2.45, 2.75) is 58.2 Å². The van der Waals surface area contributed by atoms with Crippen LogP contribution in [0.3, 0.4) is 0 Å². The van der Waals surface area contributed by atoms with E-state index in [9.17, 15) is 9.90 Å².